The van der Waals surface area contributed by atoms with Gasteiger partial charge in [0.2, 0.25) is 5.91 Å². The lowest BCUT2D eigenvalue weighted by atomic mass is 10.1. The van der Waals surface area contributed by atoms with Crippen LogP contribution >= 0.6 is 11.6 Å². The predicted octanol–water partition coefficient (Wildman–Crippen LogP) is 2.26. The number of nitrogens with zero attached hydrogens (tertiary/aromatic N) is 4. The van der Waals surface area contributed by atoms with E-state index >= 15 is 0 Å². The van der Waals surface area contributed by atoms with Gasteiger partial charge in [-0.3, -0.25) is 4.79 Å². The van der Waals surface area contributed by atoms with Gasteiger partial charge in [-0.15, -0.1) is 5.10 Å². The van der Waals surface area contributed by atoms with Crippen molar-refractivity contribution in [3.63, 3.8) is 0 Å². The summed E-state index contributed by atoms with van der Waals surface area (Å²) in [6, 6.07) is 5.49. The smallest absolute Gasteiger partial charge is 0.227 e. The van der Waals surface area contributed by atoms with Gasteiger partial charge in [0, 0.05) is 23.6 Å². The number of tetrazole rings is 1. The van der Waals surface area contributed by atoms with E-state index in [2.05, 4.69) is 20.8 Å². The molecule has 2 saturated carbocycles. The van der Waals surface area contributed by atoms with Gasteiger partial charge in [0.1, 0.15) is 0 Å². The zero-order valence-corrected chi connectivity index (χ0v) is 13.9. The Bertz CT molecular complexity index is 772. The van der Waals surface area contributed by atoms with E-state index in [0.717, 1.165) is 37.9 Å². The molecule has 4 rings (SSSR count). The number of benzene rings is 1. The van der Waals surface area contributed by atoms with Crippen LogP contribution in [0.4, 0.5) is 5.69 Å². The molecule has 7 nitrogen and oxygen atoms in total. The standard InChI is InChI=1S/C16H19ClN6O/c17-13-6-5-12(19-16(24)10-3-4-11(18)7-10)8-14(13)23-15(9-1-2-9)20-21-22-23/h5-6,8-11H,1-4,7,18H2,(H,19,24). The first-order chi connectivity index (χ1) is 11.6. The van der Waals surface area contributed by atoms with Gasteiger partial charge in [-0.05, 0) is 60.7 Å². The average molecular weight is 347 g/mol. The molecule has 8 heteroatoms. The van der Waals surface area contributed by atoms with E-state index in [1.165, 1.54) is 0 Å². The molecule has 3 N–H and O–H groups in total. The number of halogens is 1. The fraction of sp³-hybridized carbons (Fsp3) is 0.500. The minimum atomic E-state index is -0.0193. The molecule has 2 aliphatic carbocycles. The van der Waals surface area contributed by atoms with E-state index in [1.807, 2.05) is 6.07 Å². The van der Waals surface area contributed by atoms with E-state index < -0.39 is 0 Å². The Morgan fingerprint density at radius 2 is 2.12 bits per heavy atom. The molecule has 1 aromatic heterocycles. The van der Waals surface area contributed by atoms with Crippen LogP contribution in [-0.4, -0.2) is 32.2 Å². The van der Waals surface area contributed by atoms with Crippen molar-refractivity contribution >= 4 is 23.2 Å². The first kappa shape index (κ1) is 15.5. The summed E-state index contributed by atoms with van der Waals surface area (Å²) in [5, 5.41) is 15.4. The van der Waals surface area contributed by atoms with Crippen LogP contribution < -0.4 is 11.1 Å². The summed E-state index contributed by atoms with van der Waals surface area (Å²) in [6.07, 6.45) is 4.67. The number of aromatic nitrogens is 4. The lowest BCUT2D eigenvalue weighted by molar-refractivity contribution is -0.119. The average Bonchev–Trinajstić information content (AvgIpc) is 3.12. The highest BCUT2D eigenvalue weighted by molar-refractivity contribution is 6.32. The maximum atomic E-state index is 12.4. The second kappa shape index (κ2) is 6.14. The molecule has 0 radical (unpaired) electrons. The maximum absolute atomic E-state index is 12.4. The van der Waals surface area contributed by atoms with E-state index in [9.17, 15) is 4.79 Å². The largest absolute Gasteiger partial charge is 0.328 e. The van der Waals surface area contributed by atoms with E-state index in [1.54, 1.807) is 16.8 Å². The number of carbonyl (C=O) groups excluding carboxylic acids is 1. The Morgan fingerprint density at radius 3 is 2.83 bits per heavy atom. The molecule has 2 aromatic rings. The summed E-state index contributed by atoms with van der Waals surface area (Å²) >= 11 is 6.32. The number of nitrogens with one attached hydrogen (secondary N) is 1. The molecule has 1 amide bonds. The number of rotatable bonds is 4. The van der Waals surface area contributed by atoms with Crippen LogP contribution in [0, 0.1) is 5.92 Å². The van der Waals surface area contributed by atoms with Gasteiger partial charge in [0.15, 0.2) is 5.82 Å². The van der Waals surface area contributed by atoms with Gasteiger partial charge >= 0.3 is 0 Å². The first-order valence-electron chi connectivity index (χ1n) is 8.26. The zero-order chi connectivity index (χ0) is 16.7. The van der Waals surface area contributed by atoms with Crippen LogP contribution in [0.15, 0.2) is 18.2 Å². The van der Waals surface area contributed by atoms with Crippen LogP contribution in [0.5, 0.6) is 0 Å². The number of hydrogen-bond donors (Lipinski definition) is 2. The SMILES string of the molecule is NC1CCC(C(=O)Nc2ccc(Cl)c(-n3nnnc3C3CC3)c2)C1. The summed E-state index contributed by atoms with van der Waals surface area (Å²) in [5.74, 6) is 1.21. The summed E-state index contributed by atoms with van der Waals surface area (Å²) in [5.41, 5.74) is 7.27. The highest BCUT2D eigenvalue weighted by Crippen LogP contribution is 2.40. The second-order valence-corrected chi connectivity index (χ2v) is 7.06. The maximum Gasteiger partial charge on any atom is 0.227 e. The van der Waals surface area contributed by atoms with Crippen molar-refractivity contribution in [3.8, 4) is 5.69 Å². The molecule has 126 valence electrons. The van der Waals surface area contributed by atoms with Crippen LogP contribution in [0.1, 0.15) is 43.8 Å². The topological polar surface area (TPSA) is 98.7 Å². The molecule has 0 bridgehead atoms. The van der Waals surface area contributed by atoms with Crippen LogP contribution in [0.2, 0.25) is 5.02 Å². The van der Waals surface area contributed by atoms with Gasteiger partial charge in [-0.25, -0.2) is 0 Å². The number of anilines is 1. The van der Waals surface area contributed by atoms with Crippen molar-refractivity contribution < 1.29 is 4.79 Å². The summed E-state index contributed by atoms with van der Waals surface area (Å²) in [6.45, 7) is 0. The summed E-state index contributed by atoms with van der Waals surface area (Å²) < 4.78 is 1.67. The van der Waals surface area contributed by atoms with Gasteiger partial charge in [0.25, 0.3) is 0 Å². The van der Waals surface area contributed by atoms with Crippen molar-refractivity contribution in [1.29, 1.82) is 0 Å². The number of hydrogen-bond acceptors (Lipinski definition) is 5. The molecule has 0 aliphatic heterocycles. The molecule has 0 spiro atoms. The van der Waals surface area contributed by atoms with E-state index in [0.29, 0.717) is 22.3 Å². The van der Waals surface area contributed by atoms with Crippen LogP contribution in [0.3, 0.4) is 0 Å². The molecule has 2 aliphatic rings. The van der Waals surface area contributed by atoms with Gasteiger partial charge in [-0.2, -0.15) is 4.68 Å². The minimum Gasteiger partial charge on any atom is -0.328 e. The Kier molecular flexibility index (Phi) is 3.97. The van der Waals surface area contributed by atoms with Crippen molar-refractivity contribution in [2.24, 2.45) is 11.7 Å². The second-order valence-electron chi connectivity index (χ2n) is 6.65. The van der Waals surface area contributed by atoms with Crippen LogP contribution in [-0.2, 0) is 4.79 Å². The molecule has 2 atom stereocenters. The Hall–Kier alpha value is -1.99. The van der Waals surface area contributed by atoms with Crippen molar-refractivity contribution in [2.45, 2.75) is 44.1 Å². The third kappa shape index (κ3) is 3.01. The van der Waals surface area contributed by atoms with Crippen molar-refractivity contribution in [2.75, 3.05) is 5.32 Å². The fourth-order valence-corrected chi connectivity index (χ4v) is 3.41. The molecule has 1 aromatic carbocycles. The van der Waals surface area contributed by atoms with Crippen LogP contribution in [0.25, 0.3) is 5.69 Å². The molecule has 2 unspecified atom stereocenters. The number of nitrogens with two attached hydrogens (primary N) is 1. The molecular weight excluding hydrogens is 328 g/mol. The lowest BCUT2D eigenvalue weighted by Crippen LogP contribution is -2.23. The fourth-order valence-electron chi connectivity index (χ4n) is 3.21. The van der Waals surface area contributed by atoms with Gasteiger partial charge in [0.05, 0.1) is 10.7 Å². The highest BCUT2D eigenvalue weighted by Gasteiger charge is 2.31. The summed E-state index contributed by atoms with van der Waals surface area (Å²) in [7, 11) is 0. The molecule has 24 heavy (non-hydrogen) atoms. The number of amides is 1. The lowest BCUT2D eigenvalue weighted by Gasteiger charge is -2.13. The van der Waals surface area contributed by atoms with E-state index in [-0.39, 0.29) is 17.9 Å². The Labute approximate surface area is 144 Å². The third-order valence-corrected chi connectivity index (χ3v) is 5.04. The number of carbonyl (C=O) groups is 1. The third-order valence-electron chi connectivity index (χ3n) is 4.72. The monoisotopic (exact) mass is 346 g/mol. The highest BCUT2D eigenvalue weighted by atomic mass is 35.5. The Morgan fingerprint density at radius 1 is 1.29 bits per heavy atom. The quantitative estimate of drug-likeness (QED) is 0.884. The van der Waals surface area contributed by atoms with Gasteiger partial charge in [-0.1, -0.05) is 11.6 Å². The van der Waals surface area contributed by atoms with Gasteiger partial charge < -0.3 is 11.1 Å². The molecule has 1 heterocycles. The summed E-state index contributed by atoms with van der Waals surface area (Å²) in [4.78, 5) is 12.4. The first-order valence-corrected chi connectivity index (χ1v) is 8.64. The van der Waals surface area contributed by atoms with Crippen molar-refractivity contribution in [3.05, 3.63) is 29.0 Å². The van der Waals surface area contributed by atoms with Crippen molar-refractivity contribution in [1.82, 2.24) is 20.2 Å². The Balaban J connectivity index is 1.57. The normalized spacial score (nSPS) is 23.4. The molecular formula is C16H19ClN6O. The zero-order valence-electron chi connectivity index (χ0n) is 13.2. The predicted molar refractivity (Wildman–Crippen MR) is 90.1 cm³/mol. The van der Waals surface area contributed by atoms with E-state index in [4.69, 9.17) is 17.3 Å². The minimum absolute atomic E-state index is 0.00959. The molecule has 0 saturated heterocycles. The molecule has 2 fully saturated rings.